The van der Waals surface area contributed by atoms with Crippen molar-refractivity contribution in [3.8, 4) is 5.69 Å². The van der Waals surface area contributed by atoms with Crippen LogP contribution in [0, 0.1) is 5.82 Å². The van der Waals surface area contributed by atoms with Gasteiger partial charge in [-0.3, -0.25) is 0 Å². The maximum atomic E-state index is 14.2. The van der Waals surface area contributed by atoms with Crippen LogP contribution in [0.15, 0.2) is 71.0 Å². The minimum atomic E-state index is -3.87. The molecule has 142 valence electrons. The third-order valence-electron chi connectivity index (χ3n) is 3.82. The molecule has 0 amide bonds. The fourth-order valence-corrected chi connectivity index (χ4v) is 4.05. The van der Waals surface area contributed by atoms with Gasteiger partial charge in [0.1, 0.15) is 5.82 Å². The summed E-state index contributed by atoms with van der Waals surface area (Å²) < 4.78 is 65.7. The Kier molecular flexibility index (Phi) is 5.13. The van der Waals surface area contributed by atoms with E-state index in [1.165, 1.54) is 53.5 Å². The Bertz CT molecular complexity index is 1160. The fourth-order valence-electron chi connectivity index (χ4n) is 2.40. The molecule has 0 saturated heterocycles. The zero-order chi connectivity index (χ0) is 19.7. The first kappa shape index (κ1) is 19.2. The van der Waals surface area contributed by atoms with Crippen LogP contribution in [0.5, 0.6) is 0 Å². The number of rotatable bonds is 6. The average molecular weight is 409 g/mol. The summed E-state index contributed by atoms with van der Waals surface area (Å²) in [6.45, 7) is -0.114. The van der Waals surface area contributed by atoms with Crippen molar-refractivity contribution < 1.29 is 21.2 Å². The third-order valence-corrected chi connectivity index (χ3v) is 6.37. The first-order valence-corrected chi connectivity index (χ1v) is 11.1. The van der Waals surface area contributed by atoms with Gasteiger partial charge in [0, 0.05) is 25.2 Å². The monoisotopic (exact) mass is 409 g/mol. The van der Waals surface area contributed by atoms with E-state index in [1.807, 2.05) is 0 Å². The van der Waals surface area contributed by atoms with Gasteiger partial charge >= 0.3 is 0 Å². The van der Waals surface area contributed by atoms with Gasteiger partial charge < -0.3 is 4.57 Å². The highest BCUT2D eigenvalue weighted by atomic mass is 32.2. The molecule has 1 aromatic heterocycles. The molecule has 0 unspecified atom stereocenters. The van der Waals surface area contributed by atoms with Gasteiger partial charge in [-0.1, -0.05) is 6.07 Å². The van der Waals surface area contributed by atoms with Crippen LogP contribution in [0.1, 0.15) is 5.56 Å². The molecule has 0 bridgehead atoms. The average Bonchev–Trinajstić information content (AvgIpc) is 3.14. The number of hydrogen-bond donors (Lipinski definition) is 1. The van der Waals surface area contributed by atoms with Crippen LogP contribution >= 0.6 is 0 Å². The number of halogens is 1. The lowest BCUT2D eigenvalue weighted by atomic mass is 10.2. The minimum absolute atomic E-state index is 0.0265. The summed E-state index contributed by atoms with van der Waals surface area (Å²) >= 11 is 0. The van der Waals surface area contributed by atoms with Crippen LogP contribution in [0.2, 0.25) is 0 Å². The van der Waals surface area contributed by atoms with E-state index < -0.39 is 25.7 Å². The molecule has 1 N–H and O–H groups in total. The molecule has 3 aromatic rings. The molecule has 0 aliphatic carbocycles. The quantitative estimate of drug-likeness (QED) is 0.670. The number of imidazole rings is 1. The SMILES string of the molecule is CS(=O)(=O)c1ccc(S(=O)(=O)NCc2ccc(-n3ccnc3)c(F)c2)cc1. The molecule has 1 heterocycles. The lowest BCUT2D eigenvalue weighted by molar-refractivity contribution is 0.579. The van der Waals surface area contributed by atoms with E-state index in [0.717, 1.165) is 6.26 Å². The molecule has 0 aliphatic rings. The van der Waals surface area contributed by atoms with Crippen molar-refractivity contribution in [2.45, 2.75) is 16.3 Å². The molecule has 2 aromatic carbocycles. The van der Waals surface area contributed by atoms with Gasteiger partial charge in [-0.2, -0.15) is 0 Å². The van der Waals surface area contributed by atoms with Crippen LogP contribution in [0.25, 0.3) is 5.69 Å². The van der Waals surface area contributed by atoms with E-state index in [2.05, 4.69) is 9.71 Å². The number of sulfone groups is 1. The van der Waals surface area contributed by atoms with Crippen molar-refractivity contribution in [2.24, 2.45) is 0 Å². The number of sulfonamides is 1. The second-order valence-corrected chi connectivity index (χ2v) is 9.61. The number of benzene rings is 2. The highest BCUT2D eigenvalue weighted by Gasteiger charge is 2.16. The van der Waals surface area contributed by atoms with E-state index in [1.54, 1.807) is 12.3 Å². The molecular formula is C17H16FN3O4S2. The van der Waals surface area contributed by atoms with Crippen molar-refractivity contribution in [3.63, 3.8) is 0 Å². The summed E-state index contributed by atoms with van der Waals surface area (Å²) in [6.07, 6.45) is 5.62. The van der Waals surface area contributed by atoms with Gasteiger partial charge in [-0.05, 0) is 42.0 Å². The summed E-state index contributed by atoms with van der Waals surface area (Å²) in [7, 11) is -7.28. The van der Waals surface area contributed by atoms with Crippen LogP contribution in [-0.2, 0) is 26.4 Å². The van der Waals surface area contributed by atoms with Crippen molar-refractivity contribution in [2.75, 3.05) is 6.26 Å². The molecule has 3 rings (SSSR count). The van der Waals surface area contributed by atoms with E-state index in [4.69, 9.17) is 0 Å². The topological polar surface area (TPSA) is 98.1 Å². The highest BCUT2D eigenvalue weighted by molar-refractivity contribution is 7.90. The second-order valence-electron chi connectivity index (χ2n) is 5.82. The van der Waals surface area contributed by atoms with Crippen LogP contribution in [-0.4, -0.2) is 32.6 Å². The Balaban J connectivity index is 1.75. The van der Waals surface area contributed by atoms with Gasteiger partial charge in [-0.25, -0.2) is 30.9 Å². The molecule has 0 fully saturated rings. The maximum absolute atomic E-state index is 14.2. The van der Waals surface area contributed by atoms with Gasteiger partial charge in [0.05, 0.1) is 21.8 Å². The molecule has 0 radical (unpaired) electrons. The standard InChI is InChI=1S/C17H16FN3O4S2/c1-26(22,23)14-3-5-15(6-4-14)27(24,25)20-11-13-2-7-17(16(18)10-13)21-9-8-19-12-21/h2-10,12,20H,11H2,1H3. The molecular weight excluding hydrogens is 393 g/mol. The van der Waals surface area contributed by atoms with E-state index >= 15 is 0 Å². The Labute approximate surface area is 156 Å². The summed E-state index contributed by atoms with van der Waals surface area (Å²) in [4.78, 5) is 3.80. The van der Waals surface area contributed by atoms with Gasteiger partial charge in [0.2, 0.25) is 10.0 Å². The number of nitrogens with one attached hydrogen (secondary N) is 1. The minimum Gasteiger partial charge on any atom is -0.303 e. The molecule has 7 nitrogen and oxygen atoms in total. The number of aromatic nitrogens is 2. The van der Waals surface area contributed by atoms with Crippen LogP contribution in [0.3, 0.4) is 0 Å². The van der Waals surface area contributed by atoms with Crippen molar-refractivity contribution >= 4 is 19.9 Å². The zero-order valence-electron chi connectivity index (χ0n) is 14.2. The summed E-state index contributed by atoms with van der Waals surface area (Å²) in [5.41, 5.74) is 0.739. The normalized spacial score (nSPS) is 12.2. The predicted molar refractivity (Wildman–Crippen MR) is 97.1 cm³/mol. The van der Waals surface area contributed by atoms with Crippen LogP contribution in [0.4, 0.5) is 4.39 Å². The maximum Gasteiger partial charge on any atom is 0.240 e. The van der Waals surface area contributed by atoms with E-state index in [9.17, 15) is 21.2 Å². The lowest BCUT2D eigenvalue weighted by Gasteiger charge is -2.09. The fraction of sp³-hybridized carbons (Fsp3) is 0.118. The first-order valence-electron chi connectivity index (χ1n) is 7.73. The Morgan fingerprint density at radius 3 is 2.26 bits per heavy atom. The Morgan fingerprint density at radius 2 is 1.70 bits per heavy atom. The smallest absolute Gasteiger partial charge is 0.240 e. The highest BCUT2D eigenvalue weighted by Crippen LogP contribution is 2.17. The van der Waals surface area contributed by atoms with Crippen molar-refractivity contribution in [3.05, 3.63) is 72.6 Å². The molecule has 0 saturated carbocycles. The summed E-state index contributed by atoms with van der Waals surface area (Å²) in [5.74, 6) is -0.512. The van der Waals surface area contributed by atoms with E-state index in [-0.39, 0.29) is 16.3 Å². The van der Waals surface area contributed by atoms with Crippen molar-refractivity contribution in [1.29, 1.82) is 0 Å². The van der Waals surface area contributed by atoms with Gasteiger partial charge in [0.25, 0.3) is 0 Å². The molecule has 0 aliphatic heterocycles. The molecule has 0 spiro atoms. The second kappa shape index (κ2) is 7.22. The molecule has 10 heteroatoms. The summed E-state index contributed by atoms with van der Waals surface area (Å²) in [6, 6.07) is 9.25. The van der Waals surface area contributed by atoms with E-state index in [0.29, 0.717) is 11.3 Å². The number of hydrogen-bond acceptors (Lipinski definition) is 5. The first-order chi connectivity index (χ1) is 12.7. The van der Waals surface area contributed by atoms with Crippen molar-refractivity contribution in [1.82, 2.24) is 14.3 Å². The third kappa shape index (κ3) is 4.41. The van der Waals surface area contributed by atoms with Crippen LogP contribution < -0.4 is 4.72 Å². The lowest BCUT2D eigenvalue weighted by Crippen LogP contribution is -2.23. The molecule has 27 heavy (non-hydrogen) atoms. The number of nitrogens with zero attached hydrogens (tertiary/aromatic N) is 2. The zero-order valence-corrected chi connectivity index (χ0v) is 15.8. The molecule has 0 atom stereocenters. The summed E-state index contributed by atoms with van der Waals surface area (Å²) in [5, 5.41) is 0. The van der Waals surface area contributed by atoms with Gasteiger partial charge in [-0.15, -0.1) is 0 Å². The Morgan fingerprint density at radius 1 is 1.04 bits per heavy atom. The van der Waals surface area contributed by atoms with Gasteiger partial charge in [0.15, 0.2) is 9.84 Å². The Hall–Kier alpha value is -2.56. The predicted octanol–water partition coefficient (Wildman–Crippen LogP) is 1.89. The largest absolute Gasteiger partial charge is 0.303 e.